The zero-order valence-electron chi connectivity index (χ0n) is 32.5. The molecule has 13 rings (SSSR count). The molecule has 286 valence electrons. The summed E-state index contributed by atoms with van der Waals surface area (Å²) in [5, 5.41) is 11.1. The van der Waals surface area contributed by atoms with E-state index in [0.717, 1.165) is 120 Å². The number of pyridine rings is 2. The number of para-hydroxylation sites is 2. The van der Waals surface area contributed by atoms with Gasteiger partial charge in [0.2, 0.25) is 0 Å². The van der Waals surface area contributed by atoms with Gasteiger partial charge in [-0.3, -0.25) is 9.80 Å². The van der Waals surface area contributed by atoms with Crippen LogP contribution in [0.25, 0.3) is 85.7 Å². The minimum absolute atomic E-state index is 0.808. The van der Waals surface area contributed by atoms with E-state index in [1.807, 2.05) is 30.5 Å². The first-order valence-electron chi connectivity index (χ1n) is 20.3. The molecule has 5 aromatic heterocycles. The SMILES string of the molecule is c1ccc2c(N(c3ccc4c(c3)oc3ccccc34)c3cc4sc5nc(N(c6ccc7c(c6)oc6ccccc67)c6cccc7ccccc67)ccc5c4cn3)cccc2c1. The zero-order valence-corrected chi connectivity index (χ0v) is 33.3. The minimum Gasteiger partial charge on any atom is -0.456 e. The average molecular weight is 801 g/mol. The van der Waals surface area contributed by atoms with Gasteiger partial charge in [-0.25, -0.2) is 9.97 Å². The number of hydrogen-bond acceptors (Lipinski definition) is 7. The van der Waals surface area contributed by atoms with E-state index in [1.54, 1.807) is 11.3 Å². The van der Waals surface area contributed by atoms with Gasteiger partial charge < -0.3 is 8.83 Å². The topological polar surface area (TPSA) is 58.5 Å². The normalized spacial score (nSPS) is 11.9. The maximum atomic E-state index is 6.40. The fourth-order valence-electron chi connectivity index (χ4n) is 9.08. The van der Waals surface area contributed by atoms with Crippen molar-refractivity contribution in [1.82, 2.24) is 9.97 Å². The quantitative estimate of drug-likeness (QED) is 0.167. The van der Waals surface area contributed by atoms with Gasteiger partial charge >= 0.3 is 0 Å². The number of aromatic nitrogens is 2. The summed E-state index contributed by atoms with van der Waals surface area (Å²) < 4.78 is 13.9. The Bertz CT molecular complexity index is 3620. The number of furan rings is 2. The molecule has 0 saturated heterocycles. The summed E-state index contributed by atoms with van der Waals surface area (Å²) >= 11 is 1.68. The van der Waals surface area contributed by atoms with Crippen LogP contribution in [0.4, 0.5) is 34.4 Å². The predicted octanol–water partition coefficient (Wildman–Crippen LogP) is 15.9. The van der Waals surface area contributed by atoms with Gasteiger partial charge in [0, 0.05) is 66.1 Å². The van der Waals surface area contributed by atoms with E-state index < -0.39 is 0 Å². The summed E-state index contributed by atoms with van der Waals surface area (Å²) in [5.41, 5.74) is 7.41. The number of nitrogens with zero attached hydrogens (tertiary/aromatic N) is 4. The van der Waals surface area contributed by atoms with Crippen LogP contribution in [0.2, 0.25) is 0 Å². The van der Waals surface area contributed by atoms with Gasteiger partial charge in [0.05, 0.1) is 22.7 Å². The molecule has 0 aliphatic carbocycles. The number of fused-ring (bicyclic) bond motifs is 11. The molecule has 0 N–H and O–H groups in total. The third-order valence-electron chi connectivity index (χ3n) is 11.9. The van der Waals surface area contributed by atoms with Crippen molar-refractivity contribution in [3.8, 4) is 0 Å². The van der Waals surface area contributed by atoms with Crippen molar-refractivity contribution < 1.29 is 8.83 Å². The monoisotopic (exact) mass is 800 g/mol. The summed E-state index contributed by atoms with van der Waals surface area (Å²) in [6.45, 7) is 0. The summed E-state index contributed by atoms with van der Waals surface area (Å²) in [6, 6.07) is 65.7. The van der Waals surface area contributed by atoms with Crippen molar-refractivity contribution in [3.05, 3.63) is 194 Å². The van der Waals surface area contributed by atoms with E-state index in [2.05, 4.69) is 174 Å². The predicted molar refractivity (Wildman–Crippen MR) is 254 cm³/mol. The molecule has 0 spiro atoms. The molecule has 8 aromatic carbocycles. The highest BCUT2D eigenvalue weighted by molar-refractivity contribution is 7.25. The van der Waals surface area contributed by atoms with Crippen molar-refractivity contribution in [3.63, 3.8) is 0 Å². The summed E-state index contributed by atoms with van der Waals surface area (Å²) in [5.74, 6) is 1.62. The first kappa shape index (κ1) is 33.9. The molecule has 0 bridgehead atoms. The van der Waals surface area contributed by atoms with Crippen LogP contribution in [-0.4, -0.2) is 9.97 Å². The van der Waals surface area contributed by atoms with E-state index in [4.69, 9.17) is 18.8 Å². The van der Waals surface area contributed by atoms with Crippen molar-refractivity contribution in [1.29, 1.82) is 0 Å². The Hall–Kier alpha value is -8.00. The summed E-state index contributed by atoms with van der Waals surface area (Å²) in [4.78, 5) is 16.1. The molecule has 13 aromatic rings. The molecular formula is C54H32N4O2S. The molecule has 0 fully saturated rings. The molecule has 61 heavy (non-hydrogen) atoms. The smallest absolute Gasteiger partial charge is 0.139 e. The molecule has 0 aliphatic rings. The second kappa shape index (κ2) is 13.3. The zero-order chi connectivity index (χ0) is 40.0. The van der Waals surface area contributed by atoms with E-state index >= 15 is 0 Å². The van der Waals surface area contributed by atoms with Gasteiger partial charge in [-0.05, 0) is 77.5 Å². The number of anilines is 6. The third-order valence-corrected chi connectivity index (χ3v) is 13.0. The van der Waals surface area contributed by atoms with Crippen molar-refractivity contribution in [2.24, 2.45) is 0 Å². The lowest BCUT2D eigenvalue weighted by Crippen LogP contribution is -2.12. The number of thiophene rings is 1. The Morgan fingerprint density at radius 3 is 1.48 bits per heavy atom. The molecular weight excluding hydrogens is 769 g/mol. The molecule has 6 nitrogen and oxygen atoms in total. The molecule has 0 atom stereocenters. The highest BCUT2D eigenvalue weighted by Crippen LogP contribution is 2.45. The largest absolute Gasteiger partial charge is 0.456 e. The molecule has 0 aliphatic heterocycles. The summed E-state index contributed by atoms with van der Waals surface area (Å²) in [6.07, 6.45) is 2.00. The van der Waals surface area contributed by atoms with Crippen LogP contribution in [0.5, 0.6) is 0 Å². The van der Waals surface area contributed by atoms with Crippen LogP contribution < -0.4 is 9.80 Å². The van der Waals surface area contributed by atoms with Gasteiger partial charge in [0.25, 0.3) is 0 Å². The van der Waals surface area contributed by atoms with Crippen LogP contribution in [-0.2, 0) is 0 Å². The highest BCUT2D eigenvalue weighted by atomic mass is 32.1. The summed E-state index contributed by atoms with van der Waals surface area (Å²) in [7, 11) is 0. The van der Waals surface area contributed by atoms with Crippen molar-refractivity contribution >= 4 is 131 Å². The molecule has 5 heterocycles. The third kappa shape index (κ3) is 5.34. The lowest BCUT2D eigenvalue weighted by molar-refractivity contribution is 0.668. The molecule has 0 radical (unpaired) electrons. The van der Waals surface area contributed by atoms with Crippen LogP contribution in [0.15, 0.2) is 203 Å². The van der Waals surface area contributed by atoms with Gasteiger partial charge in [-0.1, -0.05) is 109 Å². The van der Waals surface area contributed by atoms with Crippen LogP contribution in [0.3, 0.4) is 0 Å². The number of benzene rings is 8. The number of rotatable bonds is 6. The highest BCUT2D eigenvalue weighted by Gasteiger charge is 2.22. The second-order valence-corrected chi connectivity index (χ2v) is 16.4. The van der Waals surface area contributed by atoms with E-state index in [9.17, 15) is 0 Å². The Morgan fingerprint density at radius 1 is 0.377 bits per heavy atom. The van der Waals surface area contributed by atoms with Crippen LogP contribution >= 0.6 is 11.3 Å². The second-order valence-electron chi connectivity index (χ2n) is 15.4. The first-order valence-corrected chi connectivity index (χ1v) is 21.1. The lowest BCUT2D eigenvalue weighted by Gasteiger charge is -2.26. The maximum Gasteiger partial charge on any atom is 0.139 e. The fraction of sp³-hybridized carbons (Fsp3) is 0. The van der Waals surface area contributed by atoms with Gasteiger partial charge in [-0.2, -0.15) is 0 Å². The van der Waals surface area contributed by atoms with E-state index in [1.165, 1.54) is 0 Å². The first-order chi connectivity index (χ1) is 30.2. The average Bonchev–Trinajstić information content (AvgIpc) is 3.99. The Morgan fingerprint density at radius 2 is 0.869 bits per heavy atom. The Balaban J connectivity index is 0.981. The fourth-order valence-corrected chi connectivity index (χ4v) is 10.2. The molecule has 7 heteroatoms. The van der Waals surface area contributed by atoms with E-state index in [-0.39, 0.29) is 0 Å². The number of hydrogen-bond donors (Lipinski definition) is 0. The van der Waals surface area contributed by atoms with Crippen molar-refractivity contribution in [2.45, 2.75) is 0 Å². The molecule has 0 unspecified atom stereocenters. The van der Waals surface area contributed by atoms with Gasteiger partial charge in [0.15, 0.2) is 0 Å². The lowest BCUT2D eigenvalue weighted by atomic mass is 10.1. The van der Waals surface area contributed by atoms with Crippen LogP contribution in [0.1, 0.15) is 0 Å². The van der Waals surface area contributed by atoms with Gasteiger partial charge in [-0.15, -0.1) is 11.3 Å². The maximum absolute atomic E-state index is 6.40. The van der Waals surface area contributed by atoms with E-state index in [0.29, 0.717) is 0 Å². The standard InChI is InChI=1S/C54H32N4O2S/c1-3-15-37-33(11-1)13-9-19-45(37)57(35-23-25-41-39-17-5-7-21-47(39)59-49(41)29-35)52-28-27-43-44-32-55-53(31-51(44)61-54(43)56-52)58(46-20-10-14-34-12-2-4-16-38(34)46)36-24-26-42-40-18-6-8-22-48(40)60-50(42)30-36/h1-32H. The molecule has 0 amide bonds. The Labute approximate surface area is 352 Å². The van der Waals surface area contributed by atoms with Crippen molar-refractivity contribution in [2.75, 3.05) is 9.80 Å². The Kier molecular flexibility index (Phi) is 7.37. The molecule has 0 saturated carbocycles. The van der Waals surface area contributed by atoms with Gasteiger partial charge in [0.1, 0.15) is 38.8 Å². The minimum atomic E-state index is 0.808. The van der Waals surface area contributed by atoms with Crippen LogP contribution in [0, 0.1) is 0 Å².